The standard InChI is InChI=1S/C26H28N8O5/c1-26(2,3)39-25(37)32(4)22-12-20(30-18-6-5-11-33(24(18)36)21-14-27-9-10-28-21)31-23-17(13-29-34(22)23)19(35)15-38-16-7-8-16/h5-6,9-14,16H,7-8,15H2,1-4H3,(H,30,31). The largest absolute Gasteiger partial charge is 0.443 e. The molecular weight excluding hydrogens is 504 g/mol. The summed E-state index contributed by atoms with van der Waals surface area (Å²) < 4.78 is 13.8. The van der Waals surface area contributed by atoms with Gasteiger partial charge < -0.3 is 14.8 Å². The zero-order valence-electron chi connectivity index (χ0n) is 22.0. The monoisotopic (exact) mass is 532 g/mol. The summed E-state index contributed by atoms with van der Waals surface area (Å²) in [4.78, 5) is 53.2. The summed E-state index contributed by atoms with van der Waals surface area (Å²) in [5.74, 6) is 0.528. The smallest absolute Gasteiger partial charge is 0.415 e. The van der Waals surface area contributed by atoms with Gasteiger partial charge in [0.1, 0.15) is 29.5 Å². The molecule has 0 aliphatic heterocycles. The SMILES string of the molecule is CN(C(=O)OC(C)(C)C)c1cc(Nc2cccn(-c3cnccn3)c2=O)nc2c(C(=O)COC3CC3)cnn12. The molecule has 4 aromatic rings. The first-order valence-electron chi connectivity index (χ1n) is 12.4. The van der Waals surface area contributed by atoms with Gasteiger partial charge in [-0.2, -0.15) is 9.61 Å². The van der Waals surface area contributed by atoms with E-state index in [1.165, 1.54) is 51.9 Å². The van der Waals surface area contributed by atoms with Crippen molar-refractivity contribution in [3.63, 3.8) is 0 Å². The lowest BCUT2D eigenvalue weighted by Gasteiger charge is -2.25. The lowest BCUT2D eigenvalue weighted by molar-refractivity contribution is 0.0587. The molecule has 1 N–H and O–H groups in total. The van der Waals surface area contributed by atoms with E-state index in [2.05, 4.69) is 25.4 Å². The maximum atomic E-state index is 13.2. The molecule has 0 saturated heterocycles. The van der Waals surface area contributed by atoms with Crippen molar-refractivity contribution in [2.24, 2.45) is 0 Å². The van der Waals surface area contributed by atoms with Gasteiger partial charge in [0.05, 0.1) is 24.1 Å². The molecule has 0 unspecified atom stereocenters. The minimum Gasteiger partial charge on any atom is -0.443 e. The number of amides is 1. The molecule has 13 heteroatoms. The number of Topliss-reactive ketones (excluding diaryl/α,β-unsaturated/α-hetero) is 1. The van der Waals surface area contributed by atoms with Gasteiger partial charge in [0.15, 0.2) is 17.2 Å². The van der Waals surface area contributed by atoms with Crippen molar-refractivity contribution in [1.82, 2.24) is 29.1 Å². The van der Waals surface area contributed by atoms with Crippen molar-refractivity contribution >= 4 is 34.8 Å². The molecule has 1 aliphatic rings. The van der Waals surface area contributed by atoms with E-state index in [9.17, 15) is 14.4 Å². The minimum atomic E-state index is -0.737. The molecule has 0 bridgehead atoms. The number of nitrogens with zero attached hydrogens (tertiary/aromatic N) is 7. The molecule has 1 fully saturated rings. The average Bonchev–Trinajstić information content (AvgIpc) is 3.64. The van der Waals surface area contributed by atoms with Gasteiger partial charge in [-0.15, -0.1) is 0 Å². The highest BCUT2D eigenvalue weighted by Crippen LogP contribution is 2.26. The van der Waals surface area contributed by atoms with Crippen molar-refractivity contribution in [2.45, 2.75) is 45.3 Å². The van der Waals surface area contributed by atoms with Crippen molar-refractivity contribution in [3.05, 3.63) is 65.1 Å². The number of aromatic nitrogens is 6. The van der Waals surface area contributed by atoms with Crippen LogP contribution in [0.25, 0.3) is 11.5 Å². The Balaban J connectivity index is 1.56. The van der Waals surface area contributed by atoms with Crippen molar-refractivity contribution in [3.8, 4) is 5.82 Å². The Morgan fingerprint density at radius 1 is 1.21 bits per heavy atom. The zero-order chi connectivity index (χ0) is 27.7. The maximum absolute atomic E-state index is 13.2. The van der Waals surface area contributed by atoms with Gasteiger partial charge in [0.2, 0.25) is 0 Å². The van der Waals surface area contributed by atoms with E-state index in [0.29, 0.717) is 5.82 Å². The Labute approximate surface area is 223 Å². The molecule has 1 saturated carbocycles. The van der Waals surface area contributed by atoms with Crippen molar-refractivity contribution < 1.29 is 19.1 Å². The number of nitrogens with one attached hydrogen (secondary N) is 1. The predicted octanol–water partition coefficient (Wildman–Crippen LogP) is 3.15. The summed E-state index contributed by atoms with van der Waals surface area (Å²) in [5, 5.41) is 7.34. The van der Waals surface area contributed by atoms with Crippen LogP contribution in [0.15, 0.2) is 54.0 Å². The highest BCUT2D eigenvalue weighted by atomic mass is 16.6. The van der Waals surface area contributed by atoms with Gasteiger partial charge in [-0.25, -0.2) is 14.8 Å². The van der Waals surface area contributed by atoms with E-state index < -0.39 is 17.3 Å². The molecular formula is C26H28N8O5. The Bertz CT molecular complexity index is 1590. The summed E-state index contributed by atoms with van der Waals surface area (Å²) in [5.41, 5.74) is -0.526. The number of carbonyl (C=O) groups excluding carboxylic acids is 2. The Morgan fingerprint density at radius 2 is 2.00 bits per heavy atom. The van der Waals surface area contributed by atoms with Crippen LogP contribution in [0.2, 0.25) is 0 Å². The Hall–Kier alpha value is -4.65. The molecule has 13 nitrogen and oxygen atoms in total. The van der Waals surface area contributed by atoms with Crippen molar-refractivity contribution in [1.29, 1.82) is 0 Å². The van der Waals surface area contributed by atoms with Crippen LogP contribution in [-0.2, 0) is 9.47 Å². The molecule has 202 valence electrons. The quantitative estimate of drug-likeness (QED) is 0.336. The summed E-state index contributed by atoms with van der Waals surface area (Å²) in [6, 6.07) is 4.80. The van der Waals surface area contributed by atoms with E-state index in [1.807, 2.05) is 0 Å². The summed E-state index contributed by atoms with van der Waals surface area (Å²) in [6.07, 6.45) is 8.77. The average molecular weight is 533 g/mol. The van der Waals surface area contributed by atoms with Crippen molar-refractivity contribution in [2.75, 3.05) is 23.9 Å². The third-order valence-electron chi connectivity index (χ3n) is 5.75. The van der Waals surface area contributed by atoms with E-state index in [-0.39, 0.29) is 47.0 Å². The van der Waals surface area contributed by atoms with Gasteiger partial charge >= 0.3 is 6.09 Å². The van der Waals surface area contributed by atoms with Gasteiger partial charge in [0, 0.05) is 31.7 Å². The molecule has 39 heavy (non-hydrogen) atoms. The van der Waals surface area contributed by atoms with Gasteiger partial charge in [-0.3, -0.25) is 24.0 Å². The van der Waals surface area contributed by atoms with Crippen LogP contribution in [-0.4, -0.2) is 66.4 Å². The number of fused-ring (bicyclic) bond motifs is 1. The summed E-state index contributed by atoms with van der Waals surface area (Å²) >= 11 is 0. The van der Waals surface area contributed by atoms with E-state index in [4.69, 9.17) is 9.47 Å². The maximum Gasteiger partial charge on any atom is 0.415 e. The number of pyridine rings is 1. The second-order valence-corrected chi connectivity index (χ2v) is 10.1. The molecule has 0 aromatic carbocycles. The zero-order valence-corrected chi connectivity index (χ0v) is 22.0. The first-order chi connectivity index (χ1) is 18.6. The third kappa shape index (κ3) is 5.77. The highest BCUT2D eigenvalue weighted by molar-refractivity contribution is 6.02. The predicted molar refractivity (Wildman–Crippen MR) is 142 cm³/mol. The number of anilines is 3. The van der Waals surface area contributed by atoms with Crippen LogP contribution >= 0.6 is 0 Å². The Kier molecular flexibility index (Phi) is 6.83. The first-order valence-corrected chi connectivity index (χ1v) is 12.4. The normalized spacial score (nSPS) is 13.3. The lowest BCUT2D eigenvalue weighted by atomic mass is 10.2. The van der Waals surface area contributed by atoms with Gasteiger partial charge in [0.25, 0.3) is 5.56 Å². The number of hydrogen-bond acceptors (Lipinski definition) is 10. The van der Waals surface area contributed by atoms with Crippen LogP contribution in [0, 0.1) is 0 Å². The number of ether oxygens (including phenoxy) is 2. The van der Waals surface area contributed by atoms with Crippen LogP contribution in [0.3, 0.4) is 0 Å². The molecule has 5 rings (SSSR count). The second-order valence-electron chi connectivity index (χ2n) is 10.1. The second kappa shape index (κ2) is 10.3. The molecule has 4 heterocycles. The fraction of sp³-hybridized carbons (Fsp3) is 0.346. The van der Waals surface area contributed by atoms with E-state index >= 15 is 0 Å². The number of carbonyl (C=O) groups is 2. The first kappa shape index (κ1) is 26.0. The lowest BCUT2D eigenvalue weighted by Crippen LogP contribution is -2.35. The minimum absolute atomic E-state index is 0.101. The fourth-order valence-corrected chi connectivity index (χ4v) is 3.70. The van der Waals surface area contributed by atoms with Gasteiger partial charge in [-0.1, -0.05) is 0 Å². The molecule has 1 amide bonds. The highest BCUT2D eigenvalue weighted by Gasteiger charge is 2.27. The summed E-state index contributed by atoms with van der Waals surface area (Å²) in [6.45, 7) is 5.17. The fourth-order valence-electron chi connectivity index (χ4n) is 3.70. The molecule has 4 aromatic heterocycles. The van der Waals surface area contributed by atoms with Crippen LogP contribution in [0.5, 0.6) is 0 Å². The van der Waals surface area contributed by atoms with Gasteiger partial charge in [-0.05, 0) is 45.7 Å². The molecule has 0 atom stereocenters. The third-order valence-corrected chi connectivity index (χ3v) is 5.75. The topological polar surface area (TPSA) is 146 Å². The molecule has 1 aliphatic carbocycles. The summed E-state index contributed by atoms with van der Waals surface area (Å²) in [7, 11) is 1.52. The molecule has 0 spiro atoms. The van der Waals surface area contributed by atoms with Crippen LogP contribution in [0.4, 0.5) is 22.1 Å². The number of hydrogen-bond donors (Lipinski definition) is 1. The van der Waals surface area contributed by atoms with E-state index in [1.54, 1.807) is 39.1 Å². The van der Waals surface area contributed by atoms with E-state index in [0.717, 1.165) is 12.8 Å². The number of ketones is 1. The van der Waals surface area contributed by atoms with Crippen LogP contribution in [0.1, 0.15) is 44.0 Å². The van der Waals surface area contributed by atoms with Crippen LogP contribution < -0.4 is 15.8 Å². The molecule has 0 radical (unpaired) electrons. The number of rotatable bonds is 8. The Morgan fingerprint density at radius 3 is 2.69 bits per heavy atom.